The zero-order chi connectivity index (χ0) is 22.8. The van der Waals surface area contributed by atoms with Gasteiger partial charge in [-0.2, -0.15) is 0 Å². The SMILES string of the molecule is COc1cc(OCC(N)=O)c2[nH]c(=S)n(S(=O)(=O)c3ccccc3OCC(N)=O)c2c1. The maximum Gasteiger partial charge on any atom is 0.274 e. The maximum absolute atomic E-state index is 13.5. The van der Waals surface area contributed by atoms with Gasteiger partial charge in [-0.1, -0.05) is 12.1 Å². The molecule has 0 aliphatic heterocycles. The fourth-order valence-corrected chi connectivity index (χ4v) is 4.77. The van der Waals surface area contributed by atoms with Crippen molar-refractivity contribution in [2.75, 3.05) is 20.3 Å². The minimum absolute atomic E-state index is 0.0781. The molecule has 1 aromatic heterocycles. The Morgan fingerprint density at radius 3 is 2.29 bits per heavy atom. The summed E-state index contributed by atoms with van der Waals surface area (Å²) in [6.45, 7) is -0.949. The van der Waals surface area contributed by atoms with Gasteiger partial charge in [0.15, 0.2) is 18.0 Å². The molecule has 2 amide bonds. The smallest absolute Gasteiger partial charge is 0.274 e. The molecule has 0 aliphatic carbocycles. The molecule has 0 spiro atoms. The van der Waals surface area contributed by atoms with E-state index in [0.717, 1.165) is 3.97 Å². The third kappa shape index (κ3) is 4.46. The second-order valence-corrected chi connectivity index (χ2v) is 8.32. The number of primary amides is 2. The van der Waals surface area contributed by atoms with Crippen molar-refractivity contribution in [1.29, 1.82) is 0 Å². The van der Waals surface area contributed by atoms with Crippen molar-refractivity contribution in [3.05, 3.63) is 41.2 Å². The number of benzene rings is 2. The first-order valence-electron chi connectivity index (χ1n) is 8.64. The van der Waals surface area contributed by atoms with Crippen molar-refractivity contribution in [2.24, 2.45) is 11.5 Å². The molecule has 3 aromatic rings. The highest BCUT2D eigenvalue weighted by atomic mass is 32.2. The number of para-hydroxylation sites is 1. The number of fused-ring (bicyclic) bond motifs is 1. The molecule has 164 valence electrons. The average Bonchev–Trinajstić information content (AvgIpc) is 3.06. The van der Waals surface area contributed by atoms with Crippen molar-refractivity contribution in [3.63, 3.8) is 0 Å². The van der Waals surface area contributed by atoms with Gasteiger partial charge in [0.25, 0.3) is 21.8 Å². The van der Waals surface area contributed by atoms with Crippen molar-refractivity contribution in [3.8, 4) is 17.2 Å². The fourth-order valence-electron chi connectivity index (χ4n) is 2.78. The Morgan fingerprint density at radius 1 is 1.06 bits per heavy atom. The van der Waals surface area contributed by atoms with Gasteiger partial charge in [-0.3, -0.25) is 9.59 Å². The third-order valence-electron chi connectivity index (χ3n) is 4.03. The number of nitrogens with zero attached hydrogens (tertiary/aromatic N) is 1. The van der Waals surface area contributed by atoms with Crippen LogP contribution in [-0.4, -0.2) is 49.5 Å². The highest BCUT2D eigenvalue weighted by molar-refractivity contribution is 7.90. The summed E-state index contributed by atoms with van der Waals surface area (Å²) in [5.74, 6) is -1.20. The zero-order valence-corrected chi connectivity index (χ0v) is 17.8. The van der Waals surface area contributed by atoms with Crippen LogP contribution < -0.4 is 25.7 Å². The number of methoxy groups -OCH3 is 1. The van der Waals surface area contributed by atoms with Crippen LogP contribution in [0, 0.1) is 4.77 Å². The molecule has 31 heavy (non-hydrogen) atoms. The summed E-state index contributed by atoms with van der Waals surface area (Å²) in [5.41, 5.74) is 10.5. The van der Waals surface area contributed by atoms with Crippen LogP contribution in [0.25, 0.3) is 11.0 Å². The molecule has 2 aromatic carbocycles. The van der Waals surface area contributed by atoms with E-state index in [0.29, 0.717) is 0 Å². The van der Waals surface area contributed by atoms with Gasteiger partial charge in [-0.15, -0.1) is 0 Å². The van der Waals surface area contributed by atoms with E-state index in [9.17, 15) is 18.0 Å². The minimum atomic E-state index is -4.30. The third-order valence-corrected chi connectivity index (χ3v) is 6.19. The van der Waals surface area contributed by atoms with Gasteiger partial charge in [0.05, 0.1) is 12.6 Å². The van der Waals surface area contributed by atoms with E-state index in [4.69, 9.17) is 37.9 Å². The van der Waals surface area contributed by atoms with Crippen LogP contribution in [0.2, 0.25) is 0 Å². The van der Waals surface area contributed by atoms with Crippen LogP contribution in [0.4, 0.5) is 0 Å². The van der Waals surface area contributed by atoms with E-state index in [-0.39, 0.29) is 37.9 Å². The molecular formula is C18H18N4O7S2. The number of nitrogens with one attached hydrogen (secondary N) is 1. The van der Waals surface area contributed by atoms with E-state index >= 15 is 0 Å². The zero-order valence-electron chi connectivity index (χ0n) is 16.2. The molecule has 0 saturated carbocycles. The first-order valence-corrected chi connectivity index (χ1v) is 10.5. The van der Waals surface area contributed by atoms with Gasteiger partial charge in [0.2, 0.25) is 0 Å². The number of hydrogen-bond donors (Lipinski definition) is 3. The largest absolute Gasteiger partial charge is 0.497 e. The molecule has 11 nitrogen and oxygen atoms in total. The number of aromatic amines is 1. The second-order valence-electron chi connectivity index (χ2n) is 6.18. The van der Waals surface area contributed by atoms with Gasteiger partial charge in [0, 0.05) is 12.1 Å². The molecule has 1 heterocycles. The number of H-pyrrole nitrogens is 1. The van der Waals surface area contributed by atoms with E-state index in [2.05, 4.69) is 4.98 Å². The van der Waals surface area contributed by atoms with Crippen molar-refractivity contribution in [1.82, 2.24) is 8.96 Å². The van der Waals surface area contributed by atoms with Gasteiger partial charge < -0.3 is 30.7 Å². The number of carbonyl (C=O) groups excluding carboxylic acids is 2. The first kappa shape index (κ1) is 22.1. The Morgan fingerprint density at radius 2 is 1.68 bits per heavy atom. The molecular weight excluding hydrogens is 448 g/mol. The Balaban J connectivity index is 2.22. The van der Waals surface area contributed by atoms with Crippen molar-refractivity contribution in [2.45, 2.75) is 4.90 Å². The monoisotopic (exact) mass is 466 g/mol. The normalized spacial score (nSPS) is 11.3. The Hall–Kier alpha value is -3.58. The fraction of sp³-hybridized carbons (Fsp3) is 0.167. The lowest BCUT2D eigenvalue weighted by atomic mass is 10.2. The van der Waals surface area contributed by atoms with Gasteiger partial charge in [0.1, 0.15) is 27.7 Å². The summed E-state index contributed by atoms with van der Waals surface area (Å²) in [7, 11) is -2.92. The highest BCUT2D eigenvalue weighted by Gasteiger charge is 2.27. The lowest BCUT2D eigenvalue weighted by molar-refractivity contribution is -0.120. The maximum atomic E-state index is 13.5. The molecule has 3 rings (SSSR count). The predicted molar refractivity (Wildman–Crippen MR) is 112 cm³/mol. The molecule has 0 unspecified atom stereocenters. The number of ether oxygens (including phenoxy) is 3. The number of amides is 2. The second kappa shape index (κ2) is 8.65. The quantitative estimate of drug-likeness (QED) is 0.387. The molecule has 0 saturated heterocycles. The summed E-state index contributed by atoms with van der Waals surface area (Å²) in [4.78, 5) is 24.7. The van der Waals surface area contributed by atoms with E-state index in [1.807, 2.05) is 0 Å². The summed E-state index contributed by atoms with van der Waals surface area (Å²) in [5, 5.41) is 0. The Kier molecular flexibility index (Phi) is 6.17. The minimum Gasteiger partial charge on any atom is -0.497 e. The van der Waals surface area contributed by atoms with Crippen LogP contribution in [0.5, 0.6) is 17.2 Å². The van der Waals surface area contributed by atoms with Crippen LogP contribution >= 0.6 is 12.2 Å². The Labute approximate surface area is 181 Å². The van der Waals surface area contributed by atoms with Crippen LogP contribution in [0.3, 0.4) is 0 Å². The highest BCUT2D eigenvalue weighted by Crippen LogP contribution is 2.34. The molecule has 0 aliphatic rings. The number of rotatable bonds is 9. The molecule has 0 atom stereocenters. The van der Waals surface area contributed by atoms with Gasteiger partial charge in [-0.05, 0) is 24.4 Å². The van der Waals surface area contributed by atoms with E-state index in [1.54, 1.807) is 6.07 Å². The number of aromatic nitrogens is 2. The number of imidazole rings is 1. The summed E-state index contributed by atoms with van der Waals surface area (Å²) in [6, 6.07) is 8.61. The van der Waals surface area contributed by atoms with Crippen LogP contribution in [0.15, 0.2) is 41.3 Å². The van der Waals surface area contributed by atoms with E-state index < -0.39 is 35.1 Å². The Bertz CT molecular complexity index is 1330. The molecule has 5 N–H and O–H groups in total. The average molecular weight is 466 g/mol. The van der Waals surface area contributed by atoms with Crippen LogP contribution in [0.1, 0.15) is 0 Å². The van der Waals surface area contributed by atoms with E-state index in [1.165, 1.54) is 37.4 Å². The summed E-state index contributed by atoms with van der Waals surface area (Å²) >= 11 is 5.25. The van der Waals surface area contributed by atoms with Crippen LogP contribution in [-0.2, 0) is 19.6 Å². The standard InChI is InChI=1S/C18H18N4O7S2/c1-27-10-6-11-17(13(7-10)29-9-16(20)24)21-18(30)22(11)31(25,26)14-5-3-2-4-12(14)28-8-15(19)23/h2-7H,8-9H2,1H3,(H2,19,23)(H2,20,24)(H,21,30). The lowest BCUT2D eigenvalue weighted by Crippen LogP contribution is -2.21. The lowest BCUT2D eigenvalue weighted by Gasteiger charge is -2.13. The molecule has 13 heteroatoms. The number of hydrogen-bond acceptors (Lipinski definition) is 8. The number of nitrogens with two attached hydrogens (primary N) is 2. The summed E-state index contributed by atoms with van der Waals surface area (Å²) < 4.78 is 43.5. The molecule has 0 fully saturated rings. The van der Waals surface area contributed by atoms with Gasteiger partial charge in [-0.25, -0.2) is 12.4 Å². The topological polar surface area (TPSA) is 169 Å². The molecule has 0 radical (unpaired) electrons. The van der Waals surface area contributed by atoms with Gasteiger partial charge >= 0.3 is 0 Å². The first-order chi connectivity index (χ1) is 14.6. The predicted octanol–water partition coefficient (Wildman–Crippen LogP) is 0.673. The number of carbonyl (C=O) groups is 2. The molecule has 0 bridgehead atoms. The summed E-state index contributed by atoms with van der Waals surface area (Å²) in [6.07, 6.45) is 0. The van der Waals surface area contributed by atoms with Crippen molar-refractivity contribution >= 4 is 45.1 Å². The van der Waals surface area contributed by atoms with Crippen molar-refractivity contribution < 1.29 is 32.2 Å².